The zero-order chi connectivity index (χ0) is 8.91. The maximum Gasteiger partial charge on any atom is 0.0230 e. The molecule has 0 rings (SSSR count). The van der Waals surface area contributed by atoms with E-state index in [-0.39, 0.29) is 5.41 Å². The molecule has 0 bridgehead atoms. The van der Waals surface area contributed by atoms with E-state index in [4.69, 9.17) is 0 Å². The van der Waals surface area contributed by atoms with Crippen molar-refractivity contribution in [3.8, 4) is 11.8 Å². The Kier molecular flexibility index (Phi) is 3.97. The van der Waals surface area contributed by atoms with Gasteiger partial charge in [-0.05, 0) is 34.1 Å². The fraction of sp³-hybridized carbons (Fsp3) is 0.636. The maximum absolute atomic E-state index is 3.82. The van der Waals surface area contributed by atoms with Gasteiger partial charge < -0.3 is 0 Å². The van der Waals surface area contributed by atoms with E-state index in [9.17, 15) is 0 Å². The number of hydrogen-bond acceptors (Lipinski definition) is 0. The van der Waals surface area contributed by atoms with Crippen LogP contribution in [0.15, 0.2) is 12.2 Å². The van der Waals surface area contributed by atoms with Crippen LogP contribution in [0.3, 0.4) is 0 Å². The summed E-state index contributed by atoms with van der Waals surface area (Å²) in [5, 5.41) is 0. The summed E-state index contributed by atoms with van der Waals surface area (Å²) in [4.78, 5) is 0. The van der Waals surface area contributed by atoms with E-state index >= 15 is 0 Å². The Bertz CT molecular complexity index is 180. The lowest BCUT2D eigenvalue weighted by Crippen LogP contribution is -1.98. The first-order chi connectivity index (χ1) is 4.92. The summed E-state index contributed by atoms with van der Waals surface area (Å²) in [5.74, 6) is 6.33. The predicted octanol–water partition coefficient (Wildman–Crippen LogP) is 3.39. The van der Waals surface area contributed by atoms with Crippen LogP contribution in [0.1, 0.15) is 40.5 Å². The zero-order valence-electron chi connectivity index (χ0n) is 8.12. The van der Waals surface area contributed by atoms with E-state index in [1.165, 1.54) is 5.57 Å². The molecule has 0 aliphatic rings. The first kappa shape index (κ1) is 10.3. The quantitative estimate of drug-likeness (QED) is 0.418. The smallest absolute Gasteiger partial charge is 0.0230 e. The lowest BCUT2D eigenvalue weighted by Gasteiger charge is -2.06. The van der Waals surface area contributed by atoms with Gasteiger partial charge in [-0.2, -0.15) is 0 Å². The lowest BCUT2D eigenvalue weighted by atomic mass is 9.97. The van der Waals surface area contributed by atoms with Gasteiger partial charge in [-0.1, -0.05) is 11.5 Å². The average Bonchev–Trinajstić information content (AvgIpc) is 1.78. The maximum atomic E-state index is 3.82. The second kappa shape index (κ2) is 4.23. The zero-order valence-corrected chi connectivity index (χ0v) is 8.12. The van der Waals surface area contributed by atoms with Gasteiger partial charge in [0.15, 0.2) is 0 Å². The average molecular weight is 150 g/mol. The molecule has 0 saturated heterocycles. The van der Waals surface area contributed by atoms with E-state index in [0.29, 0.717) is 0 Å². The fourth-order valence-corrected chi connectivity index (χ4v) is 0.604. The summed E-state index contributed by atoms with van der Waals surface area (Å²) >= 11 is 0. The molecule has 0 saturated carbocycles. The standard InChI is InChI=1S/C11H18/c1-10(2)8-6-7-9-11(3,4)5/h1,6,8H2,2-5H3. The number of allylic oxidation sites excluding steroid dienone is 1. The van der Waals surface area contributed by atoms with Crippen LogP contribution in [0.4, 0.5) is 0 Å². The van der Waals surface area contributed by atoms with E-state index < -0.39 is 0 Å². The van der Waals surface area contributed by atoms with Crippen LogP contribution in [0.25, 0.3) is 0 Å². The Morgan fingerprint density at radius 1 is 1.36 bits per heavy atom. The van der Waals surface area contributed by atoms with Crippen molar-refractivity contribution in [2.45, 2.75) is 40.5 Å². The normalized spacial score (nSPS) is 10.2. The van der Waals surface area contributed by atoms with Crippen LogP contribution in [-0.4, -0.2) is 0 Å². The van der Waals surface area contributed by atoms with Crippen LogP contribution in [0.5, 0.6) is 0 Å². The molecule has 0 radical (unpaired) electrons. The number of rotatable bonds is 2. The molecular formula is C11H18. The highest BCUT2D eigenvalue weighted by molar-refractivity contribution is 5.08. The monoisotopic (exact) mass is 150 g/mol. The van der Waals surface area contributed by atoms with Crippen LogP contribution in [0, 0.1) is 17.3 Å². The molecule has 0 amide bonds. The highest BCUT2D eigenvalue weighted by Crippen LogP contribution is 2.10. The fourth-order valence-electron chi connectivity index (χ4n) is 0.604. The van der Waals surface area contributed by atoms with E-state index in [1.807, 2.05) is 6.92 Å². The van der Waals surface area contributed by atoms with Gasteiger partial charge in [0.25, 0.3) is 0 Å². The first-order valence-electron chi connectivity index (χ1n) is 4.06. The van der Waals surface area contributed by atoms with Crippen LogP contribution in [0.2, 0.25) is 0 Å². The minimum Gasteiger partial charge on any atom is -0.102 e. The van der Waals surface area contributed by atoms with Crippen LogP contribution < -0.4 is 0 Å². The molecule has 0 aromatic rings. The topological polar surface area (TPSA) is 0 Å². The van der Waals surface area contributed by atoms with Gasteiger partial charge in [0.1, 0.15) is 0 Å². The summed E-state index contributed by atoms with van der Waals surface area (Å²) in [6.07, 6.45) is 1.98. The van der Waals surface area contributed by atoms with E-state index in [2.05, 4.69) is 39.2 Å². The predicted molar refractivity (Wildman–Crippen MR) is 51.3 cm³/mol. The molecule has 11 heavy (non-hydrogen) atoms. The summed E-state index contributed by atoms with van der Waals surface area (Å²) in [6.45, 7) is 12.2. The summed E-state index contributed by atoms with van der Waals surface area (Å²) in [7, 11) is 0. The third-order valence-corrected chi connectivity index (χ3v) is 1.14. The molecule has 0 nitrogen and oxygen atoms in total. The van der Waals surface area contributed by atoms with Gasteiger partial charge in [-0.3, -0.25) is 0 Å². The Morgan fingerprint density at radius 2 is 1.91 bits per heavy atom. The van der Waals surface area contributed by atoms with Crippen LogP contribution in [-0.2, 0) is 0 Å². The molecule has 0 heteroatoms. The first-order valence-corrected chi connectivity index (χ1v) is 4.06. The highest BCUT2D eigenvalue weighted by Gasteiger charge is 2.02. The summed E-state index contributed by atoms with van der Waals surface area (Å²) in [5.41, 5.74) is 1.36. The summed E-state index contributed by atoms with van der Waals surface area (Å²) in [6, 6.07) is 0. The molecule has 0 N–H and O–H groups in total. The second-order valence-electron chi connectivity index (χ2n) is 4.01. The van der Waals surface area contributed by atoms with Crippen molar-refractivity contribution in [1.82, 2.24) is 0 Å². The molecule has 0 fully saturated rings. The molecule has 0 aliphatic carbocycles. The van der Waals surface area contributed by atoms with Gasteiger partial charge in [0.05, 0.1) is 0 Å². The van der Waals surface area contributed by atoms with Crippen LogP contribution >= 0.6 is 0 Å². The van der Waals surface area contributed by atoms with Gasteiger partial charge in [-0.15, -0.1) is 12.5 Å². The van der Waals surface area contributed by atoms with Crippen molar-refractivity contribution >= 4 is 0 Å². The Hall–Kier alpha value is -0.700. The third-order valence-electron chi connectivity index (χ3n) is 1.14. The van der Waals surface area contributed by atoms with Gasteiger partial charge >= 0.3 is 0 Å². The molecule has 0 atom stereocenters. The SMILES string of the molecule is C=C(C)CCC#CC(C)(C)C. The van der Waals surface area contributed by atoms with Crippen molar-refractivity contribution in [1.29, 1.82) is 0 Å². The minimum absolute atomic E-state index is 0.148. The Labute approximate surface area is 70.7 Å². The van der Waals surface area contributed by atoms with Crippen molar-refractivity contribution in [2.75, 3.05) is 0 Å². The van der Waals surface area contributed by atoms with Crippen molar-refractivity contribution in [2.24, 2.45) is 5.41 Å². The Balaban J connectivity index is 3.66. The minimum atomic E-state index is 0.148. The Morgan fingerprint density at radius 3 is 2.27 bits per heavy atom. The molecular weight excluding hydrogens is 132 g/mol. The van der Waals surface area contributed by atoms with Gasteiger partial charge in [0.2, 0.25) is 0 Å². The van der Waals surface area contributed by atoms with Crippen molar-refractivity contribution in [3.63, 3.8) is 0 Å². The van der Waals surface area contributed by atoms with Gasteiger partial charge in [-0.25, -0.2) is 0 Å². The molecule has 0 aliphatic heterocycles. The molecule has 0 aromatic heterocycles. The molecule has 0 heterocycles. The molecule has 0 spiro atoms. The highest BCUT2D eigenvalue weighted by atomic mass is 14.1. The van der Waals surface area contributed by atoms with E-state index in [1.54, 1.807) is 0 Å². The largest absolute Gasteiger partial charge is 0.102 e. The molecule has 62 valence electrons. The molecule has 0 unspecified atom stereocenters. The second-order valence-corrected chi connectivity index (χ2v) is 4.01. The lowest BCUT2D eigenvalue weighted by molar-refractivity contribution is 0.570. The summed E-state index contributed by atoms with van der Waals surface area (Å²) < 4.78 is 0. The van der Waals surface area contributed by atoms with Gasteiger partial charge in [0, 0.05) is 11.8 Å². The molecule has 0 aromatic carbocycles. The third kappa shape index (κ3) is 9.30. The number of hydrogen-bond donors (Lipinski definition) is 0. The van der Waals surface area contributed by atoms with E-state index in [0.717, 1.165) is 12.8 Å². The van der Waals surface area contributed by atoms with Crippen molar-refractivity contribution in [3.05, 3.63) is 12.2 Å². The van der Waals surface area contributed by atoms with Crippen molar-refractivity contribution < 1.29 is 0 Å².